The number of benzene rings is 1. The number of nitrogens with one attached hydrogen (secondary N) is 2. The van der Waals surface area contributed by atoms with E-state index in [-0.39, 0.29) is 11.8 Å². The molecule has 1 aromatic heterocycles. The molecule has 3 aliphatic rings. The maximum absolute atomic E-state index is 12.7. The van der Waals surface area contributed by atoms with Crippen LogP contribution < -0.4 is 10.6 Å². The van der Waals surface area contributed by atoms with Crippen LogP contribution in [0.25, 0.3) is 11.3 Å². The molecule has 0 fully saturated rings. The minimum Gasteiger partial charge on any atom is -0.387 e. The molecule has 37 heavy (non-hydrogen) atoms. The molecule has 0 saturated heterocycles. The summed E-state index contributed by atoms with van der Waals surface area (Å²) >= 11 is 0. The fourth-order valence-corrected chi connectivity index (χ4v) is 4.83. The van der Waals surface area contributed by atoms with E-state index >= 15 is 0 Å². The molecule has 2 amide bonds. The van der Waals surface area contributed by atoms with E-state index in [2.05, 4.69) is 44.0 Å². The van der Waals surface area contributed by atoms with Gasteiger partial charge < -0.3 is 20.1 Å². The Morgan fingerprint density at radius 1 is 1.22 bits per heavy atom. The van der Waals surface area contributed by atoms with Gasteiger partial charge >= 0.3 is 5.91 Å². The first kappa shape index (κ1) is 24.3. The number of allylic oxidation sites excluding steroid dienone is 1. The summed E-state index contributed by atoms with van der Waals surface area (Å²) in [5.41, 5.74) is 6.79. The van der Waals surface area contributed by atoms with Crippen molar-refractivity contribution in [3.8, 4) is 0 Å². The number of carbonyl (C=O) groups excluding carboxylic acids is 2. The van der Waals surface area contributed by atoms with Crippen molar-refractivity contribution >= 4 is 41.0 Å². The first-order chi connectivity index (χ1) is 17.9. The lowest BCUT2D eigenvalue weighted by Crippen LogP contribution is -2.24. The van der Waals surface area contributed by atoms with Gasteiger partial charge in [0.15, 0.2) is 18.6 Å². The standard InChI is InChI=1S/C29H30N6O2/c1-30-23-12-16-35(27(36)17-23)26-9-13-31-28-25(26)18-24(33(28)4)19-34-14-10-21(11-15-34)20-5-7-22(8-6-20)29(37)32(2)3/h5-10,12,17-19H,11,13-15H2,1-4H3/p+2. The van der Waals surface area contributed by atoms with Crippen molar-refractivity contribution in [2.24, 2.45) is 7.05 Å². The van der Waals surface area contributed by atoms with Crippen LogP contribution in [0.4, 0.5) is 5.82 Å². The lowest BCUT2D eigenvalue weighted by Gasteiger charge is -2.15. The fraction of sp³-hybridized carbons (Fsp3) is 0.276. The zero-order chi connectivity index (χ0) is 26.1. The molecule has 8 heteroatoms. The third kappa shape index (κ3) is 4.71. The van der Waals surface area contributed by atoms with E-state index in [4.69, 9.17) is 0 Å². The summed E-state index contributed by atoms with van der Waals surface area (Å²) in [5.74, 6) is 3.98. The highest BCUT2D eigenvalue weighted by Crippen LogP contribution is 2.31. The van der Waals surface area contributed by atoms with Crippen LogP contribution in [0.3, 0.4) is 0 Å². The van der Waals surface area contributed by atoms with E-state index in [9.17, 15) is 9.59 Å². The van der Waals surface area contributed by atoms with E-state index in [0.717, 1.165) is 53.5 Å². The maximum atomic E-state index is 12.7. The topological polar surface area (TPSA) is 72.4 Å². The van der Waals surface area contributed by atoms with Crippen molar-refractivity contribution in [3.05, 3.63) is 82.7 Å². The molecule has 3 aliphatic heterocycles. The van der Waals surface area contributed by atoms with Crippen LogP contribution in [0.2, 0.25) is 0 Å². The highest BCUT2D eigenvalue weighted by molar-refractivity contribution is 5.94. The smallest absolute Gasteiger partial charge is 0.387 e. The monoisotopic (exact) mass is 496 g/mol. The summed E-state index contributed by atoms with van der Waals surface area (Å²) < 4.78 is 6.02. The summed E-state index contributed by atoms with van der Waals surface area (Å²) in [4.78, 5) is 26.5. The Kier molecular flexibility index (Phi) is 6.51. The Hall–Kier alpha value is -4.42. The molecule has 0 radical (unpaired) electrons. The number of hydrogen-bond donors (Lipinski definition) is 2. The number of anilines is 1. The van der Waals surface area contributed by atoms with Crippen LogP contribution >= 0.6 is 0 Å². The summed E-state index contributed by atoms with van der Waals surface area (Å²) in [6.07, 6.45) is 10.8. The molecule has 2 N–H and O–H groups in total. The van der Waals surface area contributed by atoms with Gasteiger partial charge in [-0.15, -0.1) is 0 Å². The molecular weight excluding hydrogens is 464 g/mol. The van der Waals surface area contributed by atoms with Gasteiger partial charge in [0.25, 0.3) is 5.91 Å². The molecule has 8 nitrogen and oxygen atoms in total. The number of aromatic nitrogens is 1. The third-order valence-electron chi connectivity index (χ3n) is 6.95. The first-order valence-corrected chi connectivity index (χ1v) is 12.4. The number of fused-ring (bicyclic) bond motifs is 1. The van der Waals surface area contributed by atoms with Gasteiger partial charge in [-0.25, -0.2) is 9.37 Å². The van der Waals surface area contributed by atoms with Gasteiger partial charge in [0.1, 0.15) is 18.1 Å². The van der Waals surface area contributed by atoms with E-state index in [1.165, 1.54) is 5.57 Å². The molecular formula is C29H32N6O2+2. The van der Waals surface area contributed by atoms with Crippen molar-refractivity contribution in [2.45, 2.75) is 6.42 Å². The minimum absolute atomic E-state index is 0.0143. The van der Waals surface area contributed by atoms with Gasteiger partial charge in [-0.1, -0.05) is 16.7 Å². The number of nitrogens with zero attached hydrogens (tertiary/aromatic N) is 4. The van der Waals surface area contributed by atoms with Crippen LogP contribution in [0.15, 0.2) is 60.3 Å². The second kappa shape index (κ2) is 9.91. The zero-order valence-corrected chi connectivity index (χ0v) is 21.7. The molecule has 4 heterocycles. The molecule has 0 atom stereocenters. The molecule has 2 aromatic rings. The van der Waals surface area contributed by atoms with Crippen molar-refractivity contribution in [2.75, 3.05) is 46.1 Å². The molecule has 0 saturated carbocycles. The van der Waals surface area contributed by atoms with Crippen LogP contribution in [-0.2, 0) is 11.8 Å². The lowest BCUT2D eigenvalue weighted by molar-refractivity contribution is -0.514. The predicted octanol–water partition coefficient (Wildman–Crippen LogP) is 2.29. The number of carbonyl (C=O) groups is 2. The summed E-state index contributed by atoms with van der Waals surface area (Å²) in [6, 6.07) is 10.0. The van der Waals surface area contributed by atoms with E-state index < -0.39 is 0 Å². The Morgan fingerprint density at radius 2 is 2.00 bits per heavy atom. The van der Waals surface area contributed by atoms with Gasteiger partial charge in [0, 0.05) is 52.8 Å². The van der Waals surface area contributed by atoms with Crippen molar-refractivity contribution in [1.29, 1.82) is 0 Å². The largest absolute Gasteiger partial charge is 0.429 e. The van der Waals surface area contributed by atoms with Gasteiger partial charge in [-0.2, -0.15) is 0 Å². The summed E-state index contributed by atoms with van der Waals surface area (Å²) in [5, 5.41) is 6.43. The van der Waals surface area contributed by atoms with Gasteiger partial charge in [-0.3, -0.25) is 4.79 Å². The van der Waals surface area contributed by atoms with E-state index in [0.29, 0.717) is 12.1 Å². The quantitative estimate of drug-likeness (QED) is 0.624. The van der Waals surface area contributed by atoms with Crippen LogP contribution in [-0.4, -0.2) is 83.3 Å². The normalized spacial score (nSPS) is 17.8. The summed E-state index contributed by atoms with van der Waals surface area (Å²) in [7, 11) is 7.36. The van der Waals surface area contributed by atoms with E-state index in [1.54, 1.807) is 42.8 Å². The Labute approximate surface area is 216 Å². The Balaban J connectivity index is 1.36. The van der Waals surface area contributed by atoms with E-state index in [1.807, 2.05) is 37.4 Å². The maximum Gasteiger partial charge on any atom is 0.429 e. The highest BCUT2D eigenvalue weighted by Gasteiger charge is 2.32. The SMILES string of the molecule is CNC1=CC(=O)[N+](C2=CCNc3c2cc(C=[N+]2CC=C(c4ccc(C(=O)N(C)C)cc4)CC2)n3C)=C=C1. The number of likely N-dealkylation sites (N-methyl/N-ethyl adjacent to an activating group) is 1. The zero-order valence-electron chi connectivity index (χ0n) is 21.7. The van der Waals surface area contributed by atoms with Crippen molar-refractivity contribution in [3.63, 3.8) is 0 Å². The average Bonchev–Trinajstić information content (AvgIpc) is 3.24. The van der Waals surface area contributed by atoms with Crippen LogP contribution in [0.1, 0.15) is 33.6 Å². The van der Waals surface area contributed by atoms with Crippen molar-refractivity contribution < 1.29 is 18.7 Å². The van der Waals surface area contributed by atoms with Crippen LogP contribution in [0.5, 0.6) is 0 Å². The molecule has 5 rings (SSSR count). The molecule has 0 unspecified atom stereocenters. The fourth-order valence-electron chi connectivity index (χ4n) is 4.83. The minimum atomic E-state index is -0.117. The second-order valence-electron chi connectivity index (χ2n) is 9.54. The Bertz CT molecular complexity index is 1470. The van der Waals surface area contributed by atoms with Crippen LogP contribution in [0, 0.1) is 0 Å². The summed E-state index contributed by atoms with van der Waals surface area (Å²) in [6.45, 7) is 2.34. The third-order valence-corrected chi connectivity index (χ3v) is 6.95. The van der Waals surface area contributed by atoms with Gasteiger partial charge in [0.05, 0.1) is 23.4 Å². The highest BCUT2D eigenvalue weighted by atomic mass is 16.2. The average molecular weight is 497 g/mol. The van der Waals surface area contributed by atoms with Gasteiger partial charge in [0.2, 0.25) is 5.70 Å². The number of rotatable bonds is 5. The molecule has 0 aliphatic carbocycles. The molecule has 1 aromatic carbocycles. The first-order valence-electron chi connectivity index (χ1n) is 12.4. The lowest BCUT2D eigenvalue weighted by atomic mass is 9.98. The molecule has 0 bridgehead atoms. The predicted molar refractivity (Wildman–Crippen MR) is 146 cm³/mol. The van der Waals surface area contributed by atoms with Gasteiger partial charge in [-0.05, 0) is 35.4 Å². The number of hydrogen-bond acceptors (Lipinski definition) is 4. The Morgan fingerprint density at radius 3 is 2.65 bits per heavy atom. The molecule has 188 valence electrons. The number of amides is 2. The second-order valence-corrected chi connectivity index (χ2v) is 9.54. The molecule has 0 spiro atoms. The van der Waals surface area contributed by atoms with Crippen molar-refractivity contribution in [1.82, 2.24) is 14.8 Å².